The molecule has 2 fully saturated rings. The maximum absolute atomic E-state index is 6.11. The number of hydrogen-bond donors (Lipinski definition) is 1. The number of ether oxygens (including phenoxy) is 2. The van der Waals surface area contributed by atoms with E-state index in [0.29, 0.717) is 0 Å². The van der Waals surface area contributed by atoms with Gasteiger partial charge < -0.3 is 24.6 Å². The Morgan fingerprint density at radius 3 is 2.43 bits per heavy atom. The highest BCUT2D eigenvalue weighted by Gasteiger charge is 2.35. The van der Waals surface area contributed by atoms with Crippen LogP contribution in [0.3, 0.4) is 0 Å². The summed E-state index contributed by atoms with van der Waals surface area (Å²) in [5.41, 5.74) is 0.142. The zero-order chi connectivity index (χ0) is 19.1. The first kappa shape index (κ1) is 23.2. The van der Waals surface area contributed by atoms with Crippen LogP contribution in [0.25, 0.3) is 0 Å². The fourth-order valence-electron chi connectivity index (χ4n) is 3.99. The number of guanidine groups is 1. The Balaban J connectivity index is 0.00000280. The first-order chi connectivity index (χ1) is 13.1. The Morgan fingerprint density at radius 1 is 1.21 bits per heavy atom. The topological polar surface area (TPSA) is 49.3 Å². The Kier molecular flexibility index (Phi) is 9.30. The maximum atomic E-state index is 6.11. The lowest BCUT2D eigenvalue weighted by atomic mass is 9.88. The second kappa shape index (κ2) is 11.2. The van der Waals surface area contributed by atoms with Gasteiger partial charge in [0.1, 0.15) is 11.9 Å². The maximum Gasteiger partial charge on any atom is 0.193 e. The van der Waals surface area contributed by atoms with Crippen LogP contribution in [-0.4, -0.2) is 81.4 Å². The molecular formula is C21H35IN4O2. The van der Waals surface area contributed by atoms with Gasteiger partial charge in [0.25, 0.3) is 0 Å². The third kappa shape index (κ3) is 5.97. The van der Waals surface area contributed by atoms with Crippen LogP contribution < -0.4 is 10.1 Å². The van der Waals surface area contributed by atoms with Crippen LogP contribution in [0.2, 0.25) is 0 Å². The Hall–Kier alpha value is -1.06. The predicted octanol–water partition coefficient (Wildman–Crippen LogP) is 2.83. The quantitative estimate of drug-likeness (QED) is 0.382. The number of rotatable bonds is 5. The molecule has 0 spiro atoms. The molecule has 2 heterocycles. The molecule has 2 aliphatic heterocycles. The van der Waals surface area contributed by atoms with E-state index in [1.807, 2.05) is 37.4 Å². The van der Waals surface area contributed by atoms with Crippen molar-refractivity contribution in [1.29, 1.82) is 0 Å². The molecule has 28 heavy (non-hydrogen) atoms. The number of aliphatic imine (C=N–C) groups is 1. The zero-order valence-electron chi connectivity index (χ0n) is 17.4. The molecule has 0 aliphatic carbocycles. The van der Waals surface area contributed by atoms with E-state index in [1.165, 1.54) is 0 Å². The minimum absolute atomic E-state index is 0. The predicted molar refractivity (Wildman–Crippen MR) is 125 cm³/mol. The Labute approximate surface area is 186 Å². The first-order valence-electron chi connectivity index (χ1n) is 10.1. The third-order valence-corrected chi connectivity index (χ3v) is 5.95. The van der Waals surface area contributed by atoms with E-state index in [0.717, 1.165) is 70.2 Å². The summed E-state index contributed by atoms with van der Waals surface area (Å²) in [6.45, 7) is 4.50. The molecule has 0 unspecified atom stereocenters. The molecule has 1 aromatic rings. The number of para-hydroxylation sites is 1. The van der Waals surface area contributed by atoms with Gasteiger partial charge in [-0.2, -0.15) is 0 Å². The van der Waals surface area contributed by atoms with Gasteiger partial charge in [0.15, 0.2) is 5.96 Å². The number of likely N-dealkylation sites (N-methyl/N-ethyl adjacent to an activating group) is 1. The van der Waals surface area contributed by atoms with E-state index in [-0.39, 0.29) is 35.6 Å². The van der Waals surface area contributed by atoms with Gasteiger partial charge in [-0.15, -0.1) is 24.0 Å². The molecule has 2 aliphatic rings. The van der Waals surface area contributed by atoms with Crippen molar-refractivity contribution < 1.29 is 9.47 Å². The van der Waals surface area contributed by atoms with Crippen molar-refractivity contribution >= 4 is 29.9 Å². The third-order valence-electron chi connectivity index (χ3n) is 5.95. The lowest BCUT2D eigenvalue weighted by Gasteiger charge is -2.44. The number of nitrogens with one attached hydrogen (secondary N) is 1. The molecule has 6 nitrogen and oxygen atoms in total. The van der Waals surface area contributed by atoms with Crippen molar-refractivity contribution in [1.82, 2.24) is 15.1 Å². The van der Waals surface area contributed by atoms with Crippen LogP contribution in [0.1, 0.15) is 25.7 Å². The van der Waals surface area contributed by atoms with Crippen molar-refractivity contribution in [3.8, 4) is 5.75 Å². The second-order valence-electron chi connectivity index (χ2n) is 7.75. The van der Waals surface area contributed by atoms with Crippen LogP contribution in [0, 0.1) is 0 Å². The molecule has 0 amide bonds. The van der Waals surface area contributed by atoms with E-state index in [9.17, 15) is 0 Å². The molecule has 0 atom stereocenters. The summed E-state index contributed by atoms with van der Waals surface area (Å²) in [5, 5.41) is 3.63. The zero-order valence-corrected chi connectivity index (χ0v) is 19.7. The fraction of sp³-hybridized carbons (Fsp3) is 0.667. The van der Waals surface area contributed by atoms with Crippen molar-refractivity contribution in [3.05, 3.63) is 30.3 Å². The monoisotopic (exact) mass is 502 g/mol. The lowest BCUT2D eigenvalue weighted by Crippen LogP contribution is -2.58. The van der Waals surface area contributed by atoms with Gasteiger partial charge in [-0.25, -0.2) is 0 Å². The van der Waals surface area contributed by atoms with Gasteiger partial charge in [-0.1, -0.05) is 18.2 Å². The molecule has 0 saturated carbocycles. The van der Waals surface area contributed by atoms with Crippen molar-refractivity contribution in [2.75, 3.05) is 54.0 Å². The molecule has 1 N–H and O–H groups in total. The number of benzene rings is 1. The van der Waals surface area contributed by atoms with Gasteiger partial charge in [-0.05, 0) is 39.1 Å². The molecule has 0 bridgehead atoms. The summed E-state index contributed by atoms with van der Waals surface area (Å²) < 4.78 is 11.7. The Morgan fingerprint density at radius 2 is 1.86 bits per heavy atom. The number of halogens is 1. The molecule has 3 rings (SSSR count). The number of piperidine rings is 1. The van der Waals surface area contributed by atoms with E-state index >= 15 is 0 Å². The SMILES string of the molecule is CN=C(NCC1(N(C)C)CCOCC1)N1CCC(Oc2ccccc2)CC1.I. The number of hydrogen-bond acceptors (Lipinski definition) is 4. The molecule has 158 valence electrons. The van der Waals surface area contributed by atoms with Gasteiger partial charge in [-0.3, -0.25) is 4.99 Å². The average Bonchev–Trinajstić information content (AvgIpc) is 2.71. The molecule has 7 heteroatoms. The van der Waals surface area contributed by atoms with Gasteiger partial charge in [0.05, 0.1) is 0 Å². The molecule has 0 aromatic heterocycles. The smallest absolute Gasteiger partial charge is 0.193 e. The van der Waals surface area contributed by atoms with E-state index in [1.54, 1.807) is 0 Å². The van der Waals surface area contributed by atoms with Gasteiger partial charge in [0.2, 0.25) is 0 Å². The number of nitrogens with zero attached hydrogens (tertiary/aromatic N) is 3. The summed E-state index contributed by atoms with van der Waals surface area (Å²) in [7, 11) is 6.21. The normalized spacial score (nSPS) is 20.6. The summed E-state index contributed by atoms with van der Waals surface area (Å²) in [6.07, 6.45) is 4.42. The van der Waals surface area contributed by atoms with Gasteiger partial charge >= 0.3 is 0 Å². The van der Waals surface area contributed by atoms with Gasteiger partial charge in [0, 0.05) is 58.3 Å². The summed E-state index contributed by atoms with van der Waals surface area (Å²) in [4.78, 5) is 9.23. The highest BCUT2D eigenvalue weighted by atomic mass is 127. The lowest BCUT2D eigenvalue weighted by molar-refractivity contribution is -0.00537. The van der Waals surface area contributed by atoms with Crippen LogP contribution in [0.15, 0.2) is 35.3 Å². The second-order valence-corrected chi connectivity index (χ2v) is 7.75. The summed E-state index contributed by atoms with van der Waals surface area (Å²) >= 11 is 0. The van der Waals surface area contributed by atoms with Crippen LogP contribution >= 0.6 is 24.0 Å². The molecule has 2 saturated heterocycles. The van der Waals surface area contributed by atoms with Crippen molar-refractivity contribution in [2.45, 2.75) is 37.3 Å². The number of likely N-dealkylation sites (tertiary alicyclic amines) is 1. The molecule has 1 aromatic carbocycles. The first-order valence-corrected chi connectivity index (χ1v) is 10.1. The van der Waals surface area contributed by atoms with E-state index in [4.69, 9.17) is 9.47 Å². The average molecular weight is 502 g/mol. The highest BCUT2D eigenvalue weighted by Crippen LogP contribution is 2.25. The highest BCUT2D eigenvalue weighted by molar-refractivity contribution is 14.0. The van der Waals surface area contributed by atoms with Crippen molar-refractivity contribution in [3.63, 3.8) is 0 Å². The van der Waals surface area contributed by atoms with Crippen LogP contribution in [0.5, 0.6) is 5.75 Å². The van der Waals surface area contributed by atoms with E-state index < -0.39 is 0 Å². The Bertz CT molecular complexity index is 598. The fourth-order valence-corrected chi connectivity index (χ4v) is 3.99. The van der Waals surface area contributed by atoms with Crippen LogP contribution in [0.4, 0.5) is 0 Å². The van der Waals surface area contributed by atoms with E-state index in [2.05, 4.69) is 34.2 Å². The molecular weight excluding hydrogens is 467 g/mol. The standard InChI is InChI=1S/C21H34N4O2.HI/c1-22-20(23-17-21(24(2)3)11-15-26-16-12-21)25-13-9-19(10-14-25)27-18-7-5-4-6-8-18;/h4-8,19H,9-17H2,1-3H3,(H,22,23);1H. The molecule has 0 radical (unpaired) electrons. The summed E-state index contributed by atoms with van der Waals surface area (Å²) in [6, 6.07) is 10.1. The summed E-state index contributed by atoms with van der Waals surface area (Å²) in [5.74, 6) is 1.96. The minimum atomic E-state index is 0. The largest absolute Gasteiger partial charge is 0.490 e. The van der Waals surface area contributed by atoms with Crippen molar-refractivity contribution in [2.24, 2.45) is 4.99 Å². The van der Waals surface area contributed by atoms with Crippen LogP contribution in [-0.2, 0) is 4.74 Å². The minimum Gasteiger partial charge on any atom is -0.490 e.